The number of carboxylic acids is 1. The molecule has 9 heteroatoms. The van der Waals surface area contributed by atoms with Crippen LogP contribution in [0.1, 0.15) is 21.5 Å². The number of urea groups is 1. The monoisotopic (exact) mass is 396 g/mol. The zero-order valence-corrected chi connectivity index (χ0v) is 15.2. The summed E-state index contributed by atoms with van der Waals surface area (Å²) in [6.07, 6.45) is -4.54. The second kappa shape index (κ2) is 8.64. The Labute approximate surface area is 159 Å². The zero-order chi connectivity index (χ0) is 20.9. The predicted molar refractivity (Wildman–Crippen MR) is 96.7 cm³/mol. The van der Waals surface area contributed by atoms with Crippen LogP contribution in [-0.4, -0.2) is 42.2 Å². The van der Waals surface area contributed by atoms with Gasteiger partial charge in [0.05, 0.1) is 23.4 Å². The Balaban J connectivity index is 1.99. The number of aryl methyl sites for hydroxylation is 1. The van der Waals surface area contributed by atoms with Gasteiger partial charge in [0.25, 0.3) is 0 Å². The van der Waals surface area contributed by atoms with Gasteiger partial charge in [0, 0.05) is 7.05 Å². The van der Waals surface area contributed by atoms with E-state index in [9.17, 15) is 27.9 Å². The molecule has 28 heavy (non-hydrogen) atoms. The molecule has 2 rings (SSSR count). The largest absolute Gasteiger partial charge is 0.491 e. The lowest BCUT2D eigenvalue weighted by Gasteiger charge is -2.20. The summed E-state index contributed by atoms with van der Waals surface area (Å²) >= 11 is 0. The number of alkyl halides is 3. The summed E-state index contributed by atoms with van der Waals surface area (Å²) in [6.45, 7) is 1.47. The highest BCUT2D eigenvalue weighted by Gasteiger charge is 2.34. The van der Waals surface area contributed by atoms with Gasteiger partial charge < -0.3 is 20.1 Å². The lowest BCUT2D eigenvalue weighted by molar-refractivity contribution is -0.139. The lowest BCUT2D eigenvalue weighted by atomic mass is 10.1. The third-order valence-corrected chi connectivity index (χ3v) is 3.96. The van der Waals surface area contributed by atoms with Crippen LogP contribution in [0.15, 0.2) is 42.5 Å². The number of para-hydroxylation sites is 2. The van der Waals surface area contributed by atoms with E-state index in [1.54, 1.807) is 19.1 Å². The molecule has 2 aromatic carbocycles. The van der Waals surface area contributed by atoms with Crippen molar-refractivity contribution >= 4 is 17.7 Å². The Kier molecular flexibility index (Phi) is 6.50. The van der Waals surface area contributed by atoms with Gasteiger partial charge in [-0.25, -0.2) is 9.59 Å². The SMILES string of the molecule is Cc1cccc(C(=O)O)c1NC(=O)N(C)CCOc1ccccc1C(F)(F)F. The normalized spacial score (nSPS) is 11.0. The van der Waals surface area contributed by atoms with Gasteiger partial charge in [0.2, 0.25) is 0 Å². The molecule has 6 nitrogen and oxygen atoms in total. The molecule has 0 radical (unpaired) electrons. The molecule has 0 fully saturated rings. The Bertz CT molecular complexity index is 868. The molecular weight excluding hydrogens is 377 g/mol. The molecule has 0 heterocycles. The molecule has 0 atom stereocenters. The molecular formula is C19H19F3N2O4. The molecule has 0 bridgehead atoms. The van der Waals surface area contributed by atoms with Crippen molar-refractivity contribution in [2.75, 3.05) is 25.5 Å². The van der Waals surface area contributed by atoms with Crippen molar-refractivity contribution in [2.24, 2.45) is 0 Å². The summed E-state index contributed by atoms with van der Waals surface area (Å²) in [4.78, 5) is 24.8. The first-order chi connectivity index (χ1) is 13.1. The van der Waals surface area contributed by atoms with Gasteiger partial charge in [0.15, 0.2) is 0 Å². The molecule has 0 aliphatic heterocycles. The van der Waals surface area contributed by atoms with Gasteiger partial charge >= 0.3 is 18.2 Å². The summed E-state index contributed by atoms with van der Waals surface area (Å²) in [7, 11) is 1.42. The number of anilines is 1. The maximum atomic E-state index is 12.9. The first-order valence-electron chi connectivity index (χ1n) is 8.25. The smallest absolute Gasteiger partial charge is 0.419 e. The van der Waals surface area contributed by atoms with Gasteiger partial charge in [-0.3, -0.25) is 0 Å². The summed E-state index contributed by atoms with van der Waals surface area (Å²) < 4.78 is 44.0. The minimum Gasteiger partial charge on any atom is -0.491 e. The average Bonchev–Trinajstić information content (AvgIpc) is 2.62. The number of carboxylic acid groups (broad SMARTS) is 1. The minimum absolute atomic E-state index is 0.00763. The fourth-order valence-corrected chi connectivity index (χ4v) is 2.44. The third-order valence-electron chi connectivity index (χ3n) is 3.96. The Hall–Kier alpha value is -3.23. The van der Waals surface area contributed by atoms with Crippen molar-refractivity contribution in [1.29, 1.82) is 0 Å². The Morgan fingerprint density at radius 1 is 1.14 bits per heavy atom. The van der Waals surface area contributed by atoms with Crippen molar-refractivity contribution < 1.29 is 32.6 Å². The number of halogens is 3. The van der Waals surface area contributed by atoms with E-state index in [4.69, 9.17) is 4.74 Å². The van der Waals surface area contributed by atoms with Gasteiger partial charge in [-0.15, -0.1) is 0 Å². The molecule has 0 aliphatic carbocycles. The average molecular weight is 396 g/mol. The summed E-state index contributed by atoms with van der Waals surface area (Å²) in [5, 5.41) is 11.7. The molecule has 0 saturated carbocycles. The summed E-state index contributed by atoms with van der Waals surface area (Å²) in [6, 6.07) is 8.77. The number of hydrogen-bond acceptors (Lipinski definition) is 3. The van der Waals surface area contributed by atoms with E-state index in [-0.39, 0.29) is 30.2 Å². The zero-order valence-electron chi connectivity index (χ0n) is 15.2. The van der Waals surface area contributed by atoms with Crippen LogP contribution in [0.4, 0.5) is 23.7 Å². The molecule has 150 valence electrons. The highest BCUT2D eigenvalue weighted by Crippen LogP contribution is 2.35. The predicted octanol–water partition coefficient (Wildman–Crippen LogP) is 4.25. The standard InChI is InChI=1S/C19H19F3N2O4/c1-12-6-5-7-13(17(25)26)16(12)23-18(27)24(2)10-11-28-15-9-4-3-8-14(15)19(20,21)22/h3-9H,10-11H2,1-2H3,(H,23,27)(H,25,26). The first kappa shape index (κ1) is 21.1. The quantitative estimate of drug-likeness (QED) is 0.765. The number of hydrogen-bond donors (Lipinski definition) is 2. The number of carbonyl (C=O) groups excluding carboxylic acids is 1. The van der Waals surface area contributed by atoms with Crippen molar-refractivity contribution in [3.8, 4) is 5.75 Å². The molecule has 2 amide bonds. The van der Waals surface area contributed by atoms with Crippen LogP contribution in [0.2, 0.25) is 0 Å². The number of likely N-dealkylation sites (N-methyl/N-ethyl adjacent to an activating group) is 1. The summed E-state index contributed by atoms with van der Waals surface area (Å²) in [5.74, 6) is -1.51. The number of rotatable bonds is 6. The first-order valence-corrected chi connectivity index (χ1v) is 8.25. The van der Waals surface area contributed by atoms with Crippen LogP contribution in [0.3, 0.4) is 0 Å². The minimum atomic E-state index is -4.54. The lowest BCUT2D eigenvalue weighted by Crippen LogP contribution is -2.35. The number of aromatic carboxylic acids is 1. The Morgan fingerprint density at radius 2 is 1.82 bits per heavy atom. The van der Waals surface area contributed by atoms with Gasteiger partial charge in [-0.2, -0.15) is 13.2 Å². The highest BCUT2D eigenvalue weighted by atomic mass is 19.4. The van der Waals surface area contributed by atoms with E-state index in [0.717, 1.165) is 6.07 Å². The second-order valence-electron chi connectivity index (χ2n) is 6.00. The molecule has 0 aliphatic rings. The Morgan fingerprint density at radius 3 is 2.46 bits per heavy atom. The number of nitrogens with one attached hydrogen (secondary N) is 1. The van der Waals surface area contributed by atoms with E-state index in [1.165, 1.54) is 36.2 Å². The fraction of sp³-hybridized carbons (Fsp3) is 0.263. The maximum absolute atomic E-state index is 12.9. The fourth-order valence-electron chi connectivity index (χ4n) is 2.44. The van der Waals surface area contributed by atoms with Gasteiger partial charge in [-0.05, 0) is 30.7 Å². The summed E-state index contributed by atoms with van der Waals surface area (Å²) in [5.41, 5.74) is -0.225. The van der Waals surface area contributed by atoms with Gasteiger partial charge in [0.1, 0.15) is 12.4 Å². The van der Waals surface area contributed by atoms with Crippen LogP contribution in [0.25, 0.3) is 0 Å². The molecule has 0 aromatic heterocycles. The highest BCUT2D eigenvalue weighted by molar-refractivity contribution is 6.00. The van der Waals surface area contributed by atoms with Crippen molar-refractivity contribution in [1.82, 2.24) is 4.90 Å². The van der Waals surface area contributed by atoms with Crippen molar-refractivity contribution in [2.45, 2.75) is 13.1 Å². The number of ether oxygens (including phenoxy) is 1. The molecule has 0 unspecified atom stereocenters. The van der Waals surface area contributed by atoms with Crippen LogP contribution < -0.4 is 10.1 Å². The van der Waals surface area contributed by atoms with Crippen LogP contribution in [-0.2, 0) is 6.18 Å². The van der Waals surface area contributed by atoms with E-state index < -0.39 is 23.7 Å². The molecule has 2 N–H and O–H groups in total. The number of amides is 2. The molecule has 2 aromatic rings. The van der Waals surface area contributed by atoms with Crippen LogP contribution in [0.5, 0.6) is 5.75 Å². The van der Waals surface area contributed by atoms with Gasteiger partial charge in [-0.1, -0.05) is 24.3 Å². The van der Waals surface area contributed by atoms with Crippen molar-refractivity contribution in [3.63, 3.8) is 0 Å². The van der Waals surface area contributed by atoms with Crippen LogP contribution >= 0.6 is 0 Å². The number of nitrogens with zero attached hydrogens (tertiary/aromatic N) is 1. The van der Waals surface area contributed by atoms with E-state index >= 15 is 0 Å². The maximum Gasteiger partial charge on any atom is 0.419 e. The van der Waals surface area contributed by atoms with Crippen molar-refractivity contribution in [3.05, 3.63) is 59.2 Å². The molecule has 0 saturated heterocycles. The number of carbonyl (C=O) groups is 2. The van der Waals surface area contributed by atoms with E-state index in [0.29, 0.717) is 5.56 Å². The third kappa shape index (κ3) is 5.15. The second-order valence-corrected chi connectivity index (χ2v) is 6.00. The topological polar surface area (TPSA) is 78.9 Å². The van der Waals surface area contributed by atoms with Crippen LogP contribution in [0, 0.1) is 6.92 Å². The molecule has 0 spiro atoms. The number of benzene rings is 2. The van der Waals surface area contributed by atoms with E-state index in [2.05, 4.69) is 5.32 Å². The van der Waals surface area contributed by atoms with E-state index in [1.807, 2.05) is 0 Å².